The second kappa shape index (κ2) is 9.73. The summed E-state index contributed by atoms with van der Waals surface area (Å²) >= 11 is 0. The van der Waals surface area contributed by atoms with E-state index < -0.39 is 29.7 Å². The van der Waals surface area contributed by atoms with E-state index in [-0.39, 0.29) is 18.2 Å². The quantitative estimate of drug-likeness (QED) is 0.613. The molecule has 1 aromatic carbocycles. The molecule has 0 saturated heterocycles. The van der Waals surface area contributed by atoms with Crippen molar-refractivity contribution in [2.24, 2.45) is 11.8 Å². The first-order chi connectivity index (χ1) is 13.3. The van der Waals surface area contributed by atoms with Gasteiger partial charge in [0.1, 0.15) is 6.04 Å². The van der Waals surface area contributed by atoms with E-state index in [0.717, 1.165) is 11.1 Å². The van der Waals surface area contributed by atoms with E-state index in [0.29, 0.717) is 6.42 Å². The monoisotopic (exact) mass is 386 g/mol. The Bertz CT molecular complexity index is 814. The Kier molecular flexibility index (Phi) is 7.37. The zero-order chi connectivity index (χ0) is 20.7. The highest BCUT2D eigenvalue weighted by Gasteiger charge is 2.27. The van der Waals surface area contributed by atoms with Gasteiger partial charge in [-0.25, -0.2) is 0 Å². The van der Waals surface area contributed by atoms with Gasteiger partial charge in [-0.05, 0) is 37.0 Å². The Hall–Kier alpha value is -3.09. The van der Waals surface area contributed by atoms with Gasteiger partial charge in [0.15, 0.2) is 5.76 Å². The van der Waals surface area contributed by atoms with Crippen LogP contribution in [0.4, 0.5) is 0 Å². The van der Waals surface area contributed by atoms with Crippen LogP contribution in [-0.2, 0) is 16.0 Å². The molecule has 2 aromatic rings. The Morgan fingerprint density at radius 1 is 1.14 bits per heavy atom. The second-order valence-electron chi connectivity index (χ2n) is 7.15. The van der Waals surface area contributed by atoms with Gasteiger partial charge in [-0.15, -0.1) is 0 Å². The third-order valence-electron chi connectivity index (χ3n) is 4.42. The molecule has 7 heteroatoms. The van der Waals surface area contributed by atoms with Gasteiger partial charge >= 0.3 is 5.97 Å². The van der Waals surface area contributed by atoms with Crippen molar-refractivity contribution in [3.63, 3.8) is 0 Å². The average molecular weight is 386 g/mol. The predicted octanol–water partition coefficient (Wildman–Crippen LogP) is 2.40. The van der Waals surface area contributed by atoms with Crippen LogP contribution >= 0.6 is 0 Å². The number of carboxylic acids is 1. The SMILES string of the molecule is Cc1cccc(CC(CNC(=O)C(NC(=O)c2ccco2)C(C)C)C(=O)O)c1. The molecule has 0 aliphatic carbocycles. The van der Waals surface area contributed by atoms with Gasteiger partial charge in [0, 0.05) is 6.54 Å². The summed E-state index contributed by atoms with van der Waals surface area (Å²) in [5.41, 5.74) is 1.94. The van der Waals surface area contributed by atoms with Crippen LogP contribution in [0.15, 0.2) is 47.1 Å². The Labute approximate surface area is 164 Å². The summed E-state index contributed by atoms with van der Waals surface area (Å²) in [7, 11) is 0. The number of hydrogen-bond acceptors (Lipinski definition) is 4. The van der Waals surface area contributed by atoms with E-state index in [1.54, 1.807) is 19.9 Å². The zero-order valence-corrected chi connectivity index (χ0v) is 16.3. The third-order valence-corrected chi connectivity index (χ3v) is 4.42. The standard InChI is InChI=1S/C21H26N2O5/c1-13(2)18(23-19(24)17-8-5-9-28-17)20(25)22-12-16(21(26)27)11-15-7-4-6-14(3)10-15/h4-10,13,16,18H,11-12H2,1-3H3,(H,22,25)(H,23,24)(H,26,27). The van der Waals surface area contributed by atoms with Gasteiger partial charge in [0.05, 0.1) is 12.2 Å². The summed E-state index contributed by atoms with van der Waals surface area (Å²) in [6, 6.07) is 9.90. The number of carbonyl (C=O) groups is 3. The summed E-state index contributed by atoms with van der Waals surface area (Å²) in [6.07, 6.45) is 1.69. The van der Waals surface area contributed by atoms with Gasteiger partial charge in [-0.1, -0.05) is 43.7 Å². The molecule has 2 rings (SSSR count). The number of benzene rings is 1. The molecular weight excluding hydrogens is 360 g/mol. The summed E-state index contributed by atoms with van der Waals surface area (Å²) in [5, 5.41) is 14.8. The van der Waals surface area contributed by atoms with Crippen LogP contribution in [0, 0.1) is 18.8 Å². The molecule has 1 heterocycles. The highest BCUT2D eigenvalue weighted by Crippen LogP contribution is 2.12. The number of amides is 2. The minimum atomic E-state index is -0.984. The fraction of sp³-hybridized carbons (Fsp3) is 0.381. The van der Waals surface area contributed by atoms with Gasteiger partial charge < -0.3 is 20.2 Å². The van der Waals surface area contributed by atoms with Crippen LogP contribution in [-0.4, -0.2) is 35.5 Å². The molecule has 2 atom stereocenters. The topological polar surface area (TPSA) is 109 Å². The van der Waals surface area contributed by atoms with Gasteiger partial charge in [-0.3, -0.25) is 14.4 Å². The van der Waals surface area contributed by atoms with E-state index in [9.17, 15) is 19.5 Å². The summed E-state index contributed by atoms with van der Waals surface area (Å²) in [5.74, 6) is -2.74. The third kappa shape index (κ3) is 5.97. The number of rotatable bonds is 9. The fourth-order valence-corrected chi connectivity index (χ4v) is 2.86. The van der Waals surface area contributed by atoms with Gasteiger partial charge in [-0.2, -0.15) is 0 Å². The molecule has 0 fully saturated rings. The van der Waals surface area contributed by atoms with Crippen LogP contribution < -0.4 is 10.6 Å². The van der Waals surface area contributed by atoms with E-state index in [4.69, 9.17) is 4.42 Å². The molecule has 28 heavy (non-hydrogen) atoms. The highest BCUT2D eigenvalue weighted by molar-refractivity contribution is 5.95. The minimum Gasteiger partial charge on any atom is -0.481 e. The molecule has 7 nitrogen and oxygen atoms in total. The fourth-order valence-electron chi connectivity index (χ4n) is 2.86. The number of furan rings is 1. The molecule has 0 bridgehead atoms. The van der Waals surface area contributed by atoms with Crippen LogP contribution in [0.2, 0.25) is 0 Å². The molecule has 0 saturated carbocycles. The largest absolute Gasteiger partial charge is 0.481 e. The molecule has 0 aliphatic heterocycles. The Morgan fingerprint density at radius 3 is 2.46 bits per heavy atom. The highest BCUT2D eigenvalue weighted by atomic mass is 16.4. The average Bonchev–Trinajstić information content (AvgIpc) is 3.17. The van der Waals surface area contributed by atoms with Crippen molar-refractivity contribution in [2.75, 3.05) is 6.54 Å². The number of nitrogens with one attached hydrogen (secondary N) is 2. The Morgan fingerprint density at radius 2 is 1.89 bits per heavy atom. The van der Waals surface area contributed by atoms with E-state index in [2.05, 4.69) is 10.6 Å². The van der Waals surface area contributed by atoms with Gasteiger partial charge in [0.2, 0.25) is 5.91 Å². The van der Waals surface area contributed by atoms with Crippen molar-refractivity contribution < 1.29 is 23.9 Å². The van der Waals surface area contributed by atoms with Crippen molar-refractivity contribution >= 4 is 17.8 Å². The molecule has 0 aliphatic rings. The lowest BCUT2D eigenvalue weighted by Crippen LogP contribution is -2.51. The molecular formula is C21H26N2O5. The number of carbonyl (C=O) groups excluding carboxylic acids is 2. The van der Waals surface area contributed by atoms with Crippen molar-refractivity contribution in [1.29, 1.82) is 0 Å². The maximum atomic E-state index is 12.6. The van der Waals surface area contributed by atoms with Crippen LogP contribution in [0.1, 0.15) is 35.5 Å². The van der Waals surface area contributed by atoms with Gasteiger partial charge in [0.25, 0.3) is 5.91 Å². The lowest BCUT2D eigenvalue weighted by Gasteiger charge is -2.22. The molecule has 150 valence electrons. The summed E-state index contributed by atoms with van der Waals surface area (Å²) < 4.78 is 5.04. The molecule has 2 amide bonds. The van der Waals surface area contributed by atoms with E-state index in [1.165, 1.54) is 12.3 Å². The van der Waals surface area contributed by atoms with Crippen molar-refractivity contribution in [1.82, 2.24) is 10.6 Å². The molecule has 3 N–H and O–H groups in total. The molecule has 0 radical (unpaired) electrons. The summed E-state index contributed by atoms with van der Waals surface area (Å²) in [4.78, 5) is 36.3. The normalized spacial score (nSPS) is 13.0. The number of aliphatic carboxylic acids is 1. The van der Waals surface area contributed by atoms with Crippen molar-refractivity contribution in [2.45, 2.75) is 33.2 Å². The maximum absolute atomic E-state index is 12.6. The van der Waals surface area contributed by atoms with Crippen molar-refractivity contribution in [3.8, 4) is 0 Å². The van der Waals surface area contributed by atoms with Crippen LogP contribution in [0.5, 0.6) is 0 Å². The lowest BCUT2D eigenvalue weighted by molar-refractivity contribution is -0.141. The molecule has 1 aromatic heterocycles. The molecule has 2 unspecified atom stereocenters. The summed E-state index contributed by atoms with van der Waals surface area (Å²) in [6.45, 7) is 5.51. The molecule has 0 spiro atoms. The number of aryl methyl sites for hydroxylation is 1. The minimum absolute atomic E-state index is 0.0258. The second-order valence-corrected chi connectivity index (χ2v) is 7.15. The smallest absolute Gasteiger partial charge is 0.308 e. The lowest BCUT2D eigenvalue weighted by atomic mass is 9.97. The Balaban J connectivity index is 1.98. The predicted molar refractivity (Wildman–Crippen MR) is 104 cm³/mol. The first-order valence-electron chi connectivity index (χ1n) is 9.18. The van der Waals surface area contributed by atoms with E-state index in [1.807, 2.05) is 31.2 Å². The number of carboxylic acid groups (broad SMARTS) is 1. The zero-order valence-electron chi connectivity index (χ0n) is 16.3. The van der Waals surface area contributed by atoms with Crippen LogP contribution in [0.25, 0.3) is 0 Å². The first-order valence-corrected chi connectivity index (χ1v) is 9.18. The maximum Gasteiger partial charge on any atom is 0.308 e. The van der Waals surface area contributed by atoms with Crippen molar-refractivity contribution in [3.05, 3.63) is 59.5 Å². The van der Waals surface area contributed by atoms with Crippen LogP contribution in [0.3, 0.4) is 0 Å². The van der Waals surface area contributed by atoms with E-state index >= 15 is 0 Å². The number of hydrogen-bond donors (Lipinski definition) is 3. The first kappa shape index (κ1) is 21.2.